The van der Waals surface area contributed by atoms with Crippen LogP contribution in [0.4, 0.5) is 0 Å². The van der Waals surface area contributed by atoms with Crippen LogP contribution in [0.3, 0.4) is 0 Å². The standard InChI is InChI=1S/C10H10N2O3S2/c13-8-2-1-6(9(14)12-8)11-10(15)7-3-5(16)4-17-7/h3-4,6,16H,1-2H2,(H,11,15)(H,12,13,14). The van der Waals surface area contributed by atoms with Gasteiger partial charge in [0, 0.05) is 16.7 Å². The molecule has 7 heteroatoms. The first-order valence-electron chi connectivity index (χ1n) is 4.98. The fourth-order valence-electron chi connectivity index (χ4n) is 1.51. The molecule has 0 spiro atoms. The molecule has 1 atom stereocenters. The molecule has 1 aromatic rings. The van der Waals surface area contributed by atoms with E-state index in [1.807, 2.05) is 0 Å². The summed E-state index contributed by atoms with van der Waals surface area (Å²) >= 11 is 5.36. The molecule has 5 nitrogen and oxygen atoms in total. The van der Waals surface area contributed by atoms with Gasteiger partial charge in [0.25, 0.3) is 5.91 Å². The number of hydrogen-bond acceptors (Lipinski definition) is 5. The van der Waals surface area contributed by atoms with Crippen molar-refractivity contribution < 1.29 is 14.4 Å². The first-order chi connectivity index (χ1) is 8.06. The van der Waals surface area contributed by atoms with E-state index in [1.54, 1.807) is 11.4 Å². The molecule has 3 amide bonds. The van der Waals surface area contributed by atoms with E-state index in [4.69, 9.17) is 0 Å². The van der Waals surface area contributed by atoms with Crippen molar-refractivity contribution >= 4 is 41.7 Å². The lowest BCUT2D eigenvalue weighted by molar-refractivity contribution is -0.134. The second-order valence-electron chi connectivity index (χ2n) is 3.65. The summed E-state index contributed by atoms with van der Waals surface area (Å²) in [7, 11) is 0. The van der Waals surface area contributed by atoms with Gasteiger partial charge in [-0.2, -0.15) is 0 Å². The minimum Gasteiger partial charge on any atom is -0.340 e. The molecule has 2 N–H and O–H groups in total. The van der Waals surface area contributed by atoms with Crippen LogP contribution in [-0.2, 0) is 9.59 Å². The summed E-state index contributed by atoms with van der Waals surface area (Å²) in [5, 5.41) is 6.52. The zero-order valence-corrected chi connectivity index (χ0v) is 10.4. The number of rotatable bonds is 2. The van der Waals surface area contributed by atoms with Crippen molar-refractivity contribution in [1.29, 1.82) is 0 Å². The Morgan fingerprint density at radius 2 is 2.29 bits per heavy atom. The molecular weight excluding hydrogens is 260 g/mol. The molecule has 1 saturated heterocycles. The van der Waals surface area contributed by atoms with E-state index in [0.717, 1.165) is 0 Å². The van der Waals surface area contributed by atoms with Crippen LogP contribution in [0.15, 0.2) is 16.3 Å². The molecule has 0 radical (unpaired) electrons. The van der Waals surface area contributed by atoms with Crippen LogP contribution in [0, 0.1) is 0 Å². The lowest BCUT2D eigenvalue weighted by Gasteiger charge is -2.21. The van der Waals surface area contributed by atoms with Gasteiger partial charge in [-0.25, -0.2) is 0 Å². The summed E-state index contributed by atoms with van der Waals surface area (Å²) in [5.41, 5.74) is 0. The molecule has 1 fully saturated rings. The molecule has 0 aliphatic carbocycles. The van der Waals surface area contributed by atoms with Crippen LogP contribution in [0.2, 0.25) is 0 Å². The lowest BCUT2D eigenvalue weighted by Crippen LogP contribution is -2.52. The molecule has 0 aromatic carbocycles. The van der Waals surface area contributed by atoms with Crippen LogP contribution in [-0.4, -0.2) is 23.8 Å². The van der Waals surface area contributed by atoms with Crippen LogP contribution in [0.25, 0.3) is 0 Å². The lowest BCUT2D eigenvalue weighted by atomic mass is 10.1. The molecular formula is C10H10N2O3S2. The Morgan fingerprint density at radius 3 is 2.88 bits per heavy atom. The quantitative estimate of drug-likeness (QED) is 0.543. The van der Waals surface area contributed by atoms with E-state index in [1.165, 1.54) is 11.3 Å². The molecule has 17 heavy (non-hydrogen) atoms. The zero-order chi connectivity index (χ0) is 12.4. The van der Waals surface area contributed by atoms with Gasteiger partial charge in [0.1, 0.15) is 6.04 Å². The van der Waals surface area contributed by atoms with E-state index in [-0.39, 0.29) is 18.2 Å². The Bertz CT molecular complexity index is 484. The number of piperidine rings is 1. The van der Waals surface area contributed by atoms with Gasteiger partial charge < -0.3 is 5.32 Å². The fourth-order valence-corrected chi connectivity index (χ4v) is 2.56. The fraction of sp³-hybridized carbons (Fsp3) is 0.300. The average Bonchev–Trinajstić information content (AvgIpc) is 2.69. The maximum atomic E-state index is 11.8. The van der Waals surface area contributed by atoms with Gasteiger partial charge in [0.05, 0.1) is 4.88 Å². The number of carbonyl (C=O) groups excluding carboxylic acids is 3. The summed E-state index contributed by atoms with van der Waals surface area (Å²) in [6.45, 7) is 0. The first kappa shape index (κ1) is 12.1. The van der Waals surface area contributed by atoms with Crippen molar-refractivity contribution in [1.82, 2.24) is 10.6 Å². The van der Waals surface area contributed by atoms with Gasteiger partial charge in [-0.1, -0.05) is 0 Å². The largest absolute Gasteiger partial charge is 0.340 e. The topological polar surface area (TPSA) is 75.3 Å². The smallest absolute Gasteiger partial charge is 0.262 e. The highest BCUT2D eigenvalue weighted by Gasteiger charge is 2.28. The van der Waals surface area contributed by atoms with E-state index < -0.39 is 11.9 Å². The number of thiophene rings is 1. The average molecular weight is 270 g/mol. The molecule has 90 valence electrons. The Balaban J connectivity index is 1.99. The Morgan fingerprint density at radius 1 is 1.53 bits per heavy atom. The predicted molar refractivity (Wildman–Crippen MR) is 65.2 cm³/mol. The van der Waals surface area contributed by atoms with Gasteiger partial charge in [0.2, 0.25) is 11.8 Å². The molecule has 2 heterocycles. The Labute approximate surface area is 107 Å². The van der Waals surface area contributed by atoms with Crippen molar-refractivity contribution in [3.05, 3.63) is 16.3 Å². The number of imide groups is 1. The number of thiol groups is 1. The summed E-state index contributed by atoms with van der Waals surface area (Å²) in [5.74, 6) is -1.06. The van der Waals surface area contributed by atoms with Gasteiger partial charge in [0.15, 0.2) is 0 Å². The molecule has 1 unspecified atom stereocenters. The highest BCUT2D eigenvalue weighted by molar-refractivity contribution is 7.80. The number of nitrogens with one attached hydrogen (secondary N) is 2. The van der Waals surface area contributed by atoms with Gasteiger partial charge >= 0.3 is 0 Å². The van der Waals surface area contributed by atoms with E-state index in [2.05, 4.69) is 23.3 Å². The zero-order valence-electron chi connectivity index (χ0n) is 8.73. The third-order valence-corrected chi connectivity index (χ3v) is 3.72. The molecule has 2 rings (SSSR count). The Kier molecular flexibility index (Phi) is 3.49. The highest BCUT2D eigenvalue weighted by Crippen LogP contribution is 2.18. The first-order valence-corrected chi connectivity index (χ1v) is 6.31. The van der Waals surface area contributed by atoms with Crippen molar-refractivity contribution in [2.75, 3.05) is 0 Å². The second kappa shape index (κ2) is 4.89. The highest BCUT2D eigenvalue weighted by atomic mass is 32.1. The third-order valence-electron chi connectivity index (χ3n) is 2.35. The minimum atomic E-state index is -0.634. The summed E-state index contributed by atoms with van der Waals surface area (Å²) < 4.78 is 0. The van der Waals surface area contributed by atoms with Crippen molar-refractivity contribution in [3.63, 3.8) is 0 Å². The van der Waals surface area contributed by atoms with Crippen molar-refractivity contribution in [2.24, 2.45) is 0 Å². The van der Waals surface area contributed by atoms with Crippen LogP contribution in [0.5, 0.6) is 0 Å². The summed E-state index contributed by atoms with van der Waals surface area (Å²) in [6, 6.07) is 1.00. The van der Waals surface area contributed by atoms with Gasteiger partial charge in [-0.15, -0.1) is 24.0 Å². The normalized spacial score (nSPS) is 19.9. The van der Waals surface area contributed by atoms with E-state index in [9.17, 15) is 14.4 Å². The number of amides is 3. The maximum Gasteiger partial charge on any atom is 0.262 e. The van der Waals surface area contributed by atoms with E-state index in [0.29, 0.717) is 16.2 Å². The van der Waals surface area contributed by atoms with Gasteiger partial charge in [-0.05, 0) is 12.5 Å². The summed E-state index contributed by atoms with van der Waals surface area (Å²) in [6.07, 6.45) is 0.592. The molecule has 0 saturated carbocycles. The maximum absolute atomic E-state index is 11.8. The number of carbonyl (C=O) groups is 3. The molecule has 0 bridgehead atoms. The van der Waals surface area contributed by atoms with Crippen LogP contribution in [0.1, 0.15) is 22.5 Å². The molecule has 1 aliphatic heterocycles. The van der Waals surface area contributed by atoms with Crippen LogP contribution >= 0.6 is 24.0 Å². The minimum absolute atomic E-state index is 0.249. The predicted octanol–water partition coefficient (Wildman–Crippen LogP) is 0.572. The third kappa shape index (κ3) is 2.86. The second-order valence-corrected chi connectivity index (χ2v) is 5.07. The molecule has 1 aromatic heterocycles. The molecule has 1 aliphatic rings. The monoisotopic (exact) mass is 270 g/mol. The van der Waals surface area contributed by atoms with Crippen LogP contribution < -0.4 is 10.6 Å². The summed E-state index contributed by atoms with van der Waals surface area (Å²) in [4.78, 5) is 35.3. The Hall–Kier alpha value is -1.34. The van der Waals surface area contributed by atoms with Crippen molar-refractivity contribution in [3.8, 4) is 0 Å². The van der Waals surface area contributed by atoms with E-state index >= 15 is 0 Å². The number of hydrogen-bond donors (Lipinski definition) is 3. The van der Waals surface area contributed by atoms with Crippen molar-refractivity contribution in [2.45, 2.75) is 23.8 Å². The van der Waals surface area contributed by atoms with Gasteiger partial charge in [-0.3, -0.25) is 19.7 Å². The SMILES string of the molecule is O=C1CCC(NC(=O)c2cc(S)cs2)C(=O)N1.